The van der Waals surface area contributed by atoms with E-state index in [1.54, 1.807) is 0 Å². The number of methoxy groups -OCH3 is 1. The van der Waals surface area contributed by atoms with Gasteiger partial charge in [-0.1, -0.05) is 0 Å². The normalized spacial score (nSPS) is 21.6. The Morgan fingerprint density at radius 1 is 1.38 bits per heavy atom. The van der Waals surface area contributed by atoms with E-state index in [1.165, 1.54) is 25.3 Å². The van der Waals surface area contributed by atoms with Crippen LogP contribution in [0.5, 0.6) is 0 Å². The highest BCUT2D eigenvalue weighted by Gasteiger charge is 2.22. The zero-order chi connectivity index (χ0) is 15.4. The maximum atomic E-state index is 11.8. The van der Waals surface area contributed by atoms with Crippen LogP contribution in [0.25, 0.3) is 0 Å². The number of carbonyl (C=O) groups is 1. The summed E-state index contributed by atoms with van der Waals surface area (Å²) in [5, 5.41) is 23.5. The molecule has 0 atom stereocenters. The Morgan fingerprint density at radius 2 is 2.05 bits per heavy atom. The second-order valence-corrected chi connectivity index (χ2v) is 5.13. The third-order valence-corrected chi connectivity index (χ3v) is 3.68. The molecule has 0 spiro atoms. The standard InChI is InChI=1S/C14H18N2O5/c1-21-14(18)12-8-10(16(19)20)4-7-13(12)15-9-2-5-11(17)6-3-9/h4,7-9,11,15,17H,2-3,5-6H2,1H3/t9-,11-. The predicted molar refractivity (Wildman–Crippen MR) is 76.3 cm³/mol. The lowest BCUT2D eigenvalue weighted by atomic mass is 9.92. The Hall–Kier alpha value is -2.15. The molecule has 0 saturated heterocycles. The third-order valence-electron chi connectivity index (χ3n) is 3.68. The van der Waals surface area contributed by atoms with Crippen LogP contribution in [0.15, 0.2) is 18.2 Å². The van der Waals surface area contributed by atoms with Crippen molar-refractivity contribution in [2.24, 2.45) is 0 Å². The molecule has 1 aliphatic rings. The number of nitrogens with one attached hydrogen (secondary N) is 1. The molecule has 1 aliphatic carbocycles. The van der Waals surface area contributed by atoms with Gasteiger partial charge in [-0.2, -0.15) is 0 Å². The van der Waals surface area contributed by atoms with E-state index < -0.39 is 10.9 Å². The van der Waals surface area contributed by atoms with Gasteiger partial charge < -0.3 is 15.2 Å². The minimum atomic E-state index is -0.614. The van der Waals surface area contributed by atoms with E-state index in [9.17, 15) is 20.0 Å². The molecular formula is C14H18N2O5. The van der Waals surface area contributed by atoms with Gasteiger partial charge in [-0.25, -0.2) is 4.79 Å². The SMILES string of the molecule is COC(=O)c1cc([N+](=O)[O-])ccc1N[C@H]1CC[C@H](O)CC1. The largest absolute Gasteiger partial charge is 0.465 e. The molecule has 0 heterocycles. The van der Waals surface area contributed by atoms with Crippen LogP contribution in [0, 0.1) is 10.1 Å². The molecule has 1 saturated carbocycles. The lowest BCUT2D eigenvalue weighted by Gasteiger charge is -2.27. The number of anilines is 1. The number of hydrogen-bond donors (Lipinski definition) is 2. The zero-order valence-electron chi connectivity index (χ0n) is 11.7. The molecule has 1 fully saturated rings. The quantitative estimate of drug-likeness (QED) is 0.501. The van der Waals surface area contributed by atoms with Crippen LogP contribution in [0.1, 0.15) is 36.0 Å². The molecule has 114 valence electrons. The van der Waals surface area contributed by atoms with E-state index in [-0.39, 0.29) is 23.4 Å². The van der Waals surface area contributed by atoms with Gasteiger partial charge in [0.2, 0.25) is 0 Å². The summed E-state index contributed by atoms with van der Waals surface area (Å²) in [5.41, 5.74) is 0.520. The van der Waals surface area contributed by atoms with Gasteiger partial charge in [0, 0.05) is 23.9 Å². The first-order chi connectivity index (χ1) is 10.0. The van der Waals surface area contributed by atoms with Gasteiger partial charge in [0.1, 0.15) is 0 Å². The first-order valence-corrected chi connectivity index (χ1v) is 6.82. The van der Waals surface area contributed by atoms with Gasteiger partial charge in [0.15, 0.2) is 0 Å². The highest BCUT2D eigenvalue weighted by molar-refractivity contribution is 5.96. The summed E-state index contributed by atoms with van der Waals surface area (Å²) in [6.07, 6.45) is 2.73. The number of esters is 1. The number of rotatable bonds is 4. The molecule has 0 amide bonds. The molecule has 7 nitrogen and oxygen atoms in total. The summed E-state index contributed by atoms with van der Waals surface area (Å²) < 4.78 is 4.68. The second-order valence-electron chi connectivity index (χ2n) is 5.13. The summed E-state index contributed by atoms with van der Waals surface area (Å²) in [7, 11) is 1.24. The maximum Gasteiger partial charge on any atom is 0.340 e. The minimum absolute atomic E-state index is 0.137. The molecule has 0 aromatic heterocycles. The molecule has 21 heavy (non-hydrogen) atoms. The number of nitro benzene ring substituents is 1. The summed E-state index contributed by atoms with van der Waals surface area (Å²) in [4.78, 5) is 22.0. The molecule has 0 bridgehead atoms. The summed E-state index contributed by atoms with van der Waals surface area (Å²) in [6.45, 7) is 0. The van der Waals surface area contributed by atoms with E-state index in [0.717, 1.165) is 12.8 Å². The Labute approximate surface area is 122 Å². The van der Waals surface area contributed by atoms with Crippen LogP contribution in [-0.4, -0.2) is 35.3 Å². The lowest BCUT2D eigenvalue weighted by molar-refractivity contribution is -0.384. The van der Waals surface area contributed by atoms with Crippen LogP contribution < -0.4 is 5.32 Å². The average molecular weight is 294 g/mol. The van der Waals surface area contributed by atoms with E-state index in [0.29, 0.717) is 18.5 Å². The Balaban J connectivity index is 2.21. The Morgan fingerprint density at radius 3 is 2.62 bits per heavy atom. The number of ether oxygens (including phenoxy) is 1. The van der Waals surface area contributed by atoms with E-state index in [2.05, 4.69) is 10.1 Å². The number of carbonyl (C=O) groups excluding carboxylic acids is 1. The predicted octanol–water partition coefficient (Wildman–Crippen LogP) is 2.10. The molecule has 2 N–H and O–H groups in total. The van der Waals surface area contributed by atoms with Crippen molar-refractivity contribution in [3.8, 4) is 0 Å². The lowest BCUT2D eigenvalue weighted by Crippen LogP contribution is -2.28. The monoisotopic (exact) mass is 294 g/mol. The van der Waals surface area contributed by atoms with Crippen LogP contribution in [0.2, 0.25) is 0 Å². The number of non-ortho nitro benzene ring substituents is 1. The fourth-order valence-electron chi connectivity index (χ4n) is 2.49. The van der Waals surface area contributed by atoms with Crippen molar-refractivity contribution >= 4 is 17.3 Å². The average Bonchev–Trinajstić information content (AvgIpc) is 2.49. The fourth-order valence-corrected chi connectivity index (χ4v) is 2.49. The molecule has 1 aromatic carbocycles. The van der Waals surface area contributed by atoms with E-state index >= 15 is 0 Å². The van der Waals surface area contributed by atoms with Crippen molar-refractivity contribution in [1.29, 1.82) is 0 Å². The van der Waals surface area contributed by atoms with E-state index in [4.69, 9.17) is 0 Å². The number of aliphatic hydroxyl groups excluding tert-OH is 1. The number of nitro groups is 1. The van der Waals surface area contributed by atoms with Crippen LogP contribution in [0.4, 0.5) is 11.4 Å². The van der Waals surface area contributed by atoms with Gasteiger partial charge in [-0.15, -0.1) is 0 Å². The third kappa shape index (κ3) is 3.69. The number of aliphatic hydroxyl groups is 1. The van der Waals surface area contributed by atoms with Gasteiger partial charge >= 0.3 is 5.97 Å². The minimum Gasteiger partial charge on any atom is -0.465 e. The van der Waals surface area contributed by atoms with Crippen molar-refractivity contribution in [1.82, 2.24) is 0 Å². The molecular weight excluding hydrogens is 276 g/mol. The molecule has 0 radical (unpaired) electrons. The highest BCUT2D eigenvalue weighted by Crippen LogP contribution is 2.27. The van der Waals surface area contributed by atoms with Crippen molar-refractivity contribution in [3.05, 3.63) is 33.9 Å². The molecule has 0 aliphatic heterocycles. The molecule has 2 rings (SSSR count). The van der Waals surface area contributed by atoms with Crippen molar-refractivity contribution < 1.29 is 19.6 Å². The summed E-state index contributed by atoms with van der Waals surface area (Å²) in [5.74, 6) is -0.614. The number of hydrogen-bond acceptors (Lipinski definition) is 6. The Bertz CT molecular complexity index is 538. The number of nitrogens with zero attached hydrogens (tertiary/aromatic N) is 1. The summed E-state index contributed by atoms with van der Waals surface area (Å²) in [6, 6.07) is 4.23. The fraction of sp³-hybridized carbons (Fsp3) is 0.500. The van der Waals surface area contributed by atoms with Gasteiger partial charge in [0.25, 0.3) is 5.69 Å². The van der Waals surface area contributed by atoms with Crippen LogP contribution >= 0.6 is 0 Å². The van der Waals surface area contributed by atoms with Crippen molar-refractivity contribution in [2.75, 3.05) is 12.4 Å². The van der Waals surface area contributed by atoms with Crippen LogP contribution in [-0.2, 0) is 4.74 Å². The first-order valence-electron chi connectivity index (χ1n) is 6.82. The van der Waals surface area contributed by atoms with Crippen LogP contribution in [0.3, 0.4) is 0 Å². The van der Waals surface area contributed by atoms with Crippen molar-refractivity contribution in [3.63, 3.8) is 0 Å². The molecule has 0 unspecified atom stereocenters. The maximum absolute atomic E-state index is 11.8. The zero-order valence-corrected chi connectivity index (χ0v) is 11.7. The Kier molecular flexibility index (Phi) is 4.74. The van der Waals surface area contributed by atoms with E-state index in [1.807, 2.05) is 0 Å². The van der Waals surface area contributed by atoms with Gasteiger partial charge in [0.05, 0.1) is 23.7 Å². The smallest absolute Gasteiger partial charge is 0.340 e. The van der Waals surface area contributed by atoms with Gasteiger partial charge in [-0.05, 0) is 31.7 Å². The number of benzene rings is 1. The first kappa shape index (κ1) is 15.2. The molecule has 7 heteroatoms. The van der Waals surface area contributed by atoms with Crippen molar-refractivity contribution in [2.45, 2.75) is 37.8 Å². The topological polar surface area (TPSA) is 102 Å². The highest BCUT2D eigenvalue weighted by atomic mass is 16.6. The molecule has 1 aromatic rings. The summed E-state index contributed by atoms with van der Waals surface area (Å²) >= 11 is 0. The second kappa shape index (κ2) is 6.53. The van der Waals surface area contributed by atoms with Gasteiger partial charge in [-0.3, -0.25) is 10.1 Å².